The molecule has 2 rings (SSSR count). The Hall–Kier alpha value is -1.00. The van der Waals surface area contributed by atoms with Crippen LogP contribution in [-0.4, -0.2) is 37.0 Å². The van der Waals surface area contributed by atoms with Crippen LogP contribution in [0.1, 0.15) is 23.2 Å². The molecule has 2 heterocycles. The van der Waals surface area contributed by atoms with Gasteiger partial charge in [0.1, 0.15) is 6.26 Å². The summed E-state index contributed by atoms with van der Waals surface area (Å²) < 4.78 is 4.91. The smallest absolute Gasteiger partial charge is 0.257 e. The molecule has 0 unspecified atom stereocenters. The molecular formula is C11H17ClN2O2. The molecule has 0 bridgehead atoms. The van der Waals surface area contributed by atoms with Gasteiger partial charge in [0, 0.05) is 19.1 Å². The molecule has 4 nitrogen and oxygen atoms in total. The molecule has 1 fully saturated rings. The van der Waals surface area contributed by atoms with Gasteiger partial charge in [-0.3, -0.25) is 4.79 Å². The van der Waals surface area contributed by atoms with E-state index < -0.39 is 0 Å². The quantitative estimate of drug-likeness (QED) is 0.858. The first kappa shape index (κ1) is 13.1. The lowest BCUT2D eigenvalue weighted by Gasteiger charge is -2.31. The number of rotatable bonds is 2. The highest BCUT2D eigenvalue weighted by Gasteiger charge is 2.22. The third-order valence-electron chi connectivity index (χ3n) is 2.96. The van der Waals surface area contributed by atoms with Gasteiger partial charge in [0.15, 0.2) is 0 Å². The molecule has 1 aromatic rings. The SMILES string of the molecule is CNC1CCN(C(=O)c2ccoc2)CC1.Cl. The average molecular weight is 245 g/mol. The van der Waals surface area contributed by atoms with Crippen LogP contribution in [0.5, 0.6) is 0 Å². The largest absolute Gasteiger partial charge is 0.472 e. The third-order valence-corrected chi connectivity index (χ3v) is 2.96. The van der Waals surface area contributed by atoms with E-state index >= 15 is 0 Å². The molecule has 1 saturated heterocycles. The monoisotopic (exact) mass is 244 g/mol. The van der Waals surface area contributed by atoms with Gasteiger partial charge in [-0.1, -0.05) is 0 Å². The summed E-state index contributed by atoms with van der Waals surface area (Å²) in [7, 11) is 1.97. The Morgan fingerprint density at radius 3 is 2.69 bits per heavy atom. The lowest BCUT2D eigenvalue weighted by molar-refractivity contribution is 0.0706. The third kappa shape index (κ3) is 2.77. The molecular weight excluding hydrogens is 228 g/mol. The van der Waals surface area contributed by atoms with E-state index in [0.717, 1.165) is 25.9 Å². The molecule has 90 valence electrons. The Balaban J connectivity index is 0.00000128. The summed E-state index contributed by atoms with van der Waals surface area (Å²) in [6.45, 7) is 1.66. The highest BCUT2D eigenvalue weighted by molar-refractivity contribution is 5.93. The number of furan rings is 1. The fourth-order valence-electron chi connectivity index (χ4n) is 1.94. The van der Waals surface area contributed by atoms with Crippen LogP contribution in [0.3, 0.4) is 0 Å². The zero-order valence-corrected chi connectivity index (χ0v) is 10.1. The number of hydrogen-bond donors (Lipinski definition) is 1. The Morgan fingerprint density at radius 2 is 2.19 bits per heavy atom. The summed E-state index contributed by atoms with van der Waals surface area (Å²) in [4.78, 5) is 13.8. The minimum Gasteiger partial charge on any atom is -0.472 e. The first-order valence-corrected chi connectivity index (χ1v) is 5.30. The number of nitrogens with zero attached hydrogens (tertiary/aromatic N) is 1. The first-order chi connectivity index (χ1) is 7.31. The fraction of sp³-hybridized carbons (Fsp3) is 0.545. The Kier molecular flexibility index (Phi) is 4.83. The molecule has 1 aliphatic rings. The molecule has 0 saturated carbocycles. The van der Waals surface area contributed by atoms with E-state index in [1.807, 2.05) is 11.9 Å². The zero-order chi connectivity index (χ0) is 10.7. The summed E-state index contributed by atoms with van der Waals surface area (Å²) in [5.41, 5.74) is 0.651. The van der Waals surface area contributed by atoms with Gasteiger partial charge in [0.2, 0.25) is 0 Å². The normalized spacial score (nSPS) is 16.9. The Bertz CT molecular complexity index is 319. The van der Waals surface area contributed by atoms with Crippen molar-refractivity contribution in [2.45, 2.75) is 18.9 Å². The second-order valence-corrected chi connectivity index (χ2v) is 3.87. The second kappa shape index (κ2) is 5.92. The summed E-state index contributed by atoms with van der Waals surface area (Å²) in [6, 6.07) is 2.27. The van der Waals surface area contributed by atoms with Crippen molar-refractivity contribution in [3.05, 3.63) is 24.2 Å². The number of halogens is 1. The maximum atomic E-state index is 11.9. The van der Waals surface area contributed by atoms with E-state index in [0.29, 0.717) is 11.6 Å². The van der Waals surface area contributed by atoms with E-state index in [-0.39, 0.29) is 18.3 Å². The van der Waals surface area contributed by atoms with E-state index in [9.17, 15) is 4.79 Å². The molecule has 1 amide bonds. The molecule has 0 radical (unpaired) electrons. The molecule has 1 aliphatic heterocycles. The first-order valence-electron chi connectivity index (χ1n) is 5.30. The highest BCUT2D eigenvalue weighted by Crippen LogP contribution is 2.13. The van der Waals surface area contributed by atoms with Gasteiger partial charge in [0.05, 0.1) is 11.8 Å². The molecule has 5 heteroatoms. The van der Waals surface area contributed by atoms with Gasteiger partial charge in [0.25, 0.3) is 5.91 Å². The maximum Gasteiger partial charge on any atom is 0.257 e. The number of carbonyl (C=O) groups is 1. The standard InChI is InChI=1S/C11H16N2O2.ClH/c1-12-10-2-5-13(6-3-10)11(14)9-4-7-15-8-9;/h4,7-8,10,12H,2-3,5-6H2,1H3;1H. The summed E-state index contributed by atoms with van der Waals surface area (Å²) in [5, 5.41) is 3.24. The van der Waals surface area contributed by atoms with E-state index in [4.69, 9.17) is 4.42 Å². The van der Waals surface area contributed by atoms with Gasteiger partial charge in [-0.25, -0.2) is 0 Å². The summed E-state index contributed by atoms with van der Waals surface area (Å²) in [5.74, 6) is 0.0818. The van der Waals surface area contributed by atoms with Crippen LogP contribution in [-0.2, 0) is 0 Å². The summed E-state index contributed by atoms with van der Waals surface area (Å²) in [6.07, 6.45) is 5.10. The minimum absolute atomic E-state index is 0. The maximum absolute atomic E-state index is 11.9. The van der Waals surface area contributed by atoms with Crippen molar-refractivity contribution in [1.29, 1.82) is 0 Å². The van der Waals surface area contributed by atoms with Crippen molar-refractivity contribution in [3.63, 3.8) is 0 Å². The number of amides is 1. The number of carbonyl (C=O) groups excluding carboxylic acids is 1. The predicted octanol–water partition coefficient (Wildman–Crippen LogP) is 1.53. The van der Waals surface area contributed by atoms with Crippen molar-refractivity contribution < 1.29 is 9.21 Å². The molecule has 16 heavy (non-hydrogen) atoms. The van der Waals surface area contributed by atoms with Crippen LogP contribution >= 0.6 is 12.4 Å². The number of likely N-dealkylation sites (tertiary alicyclic amines) is 1. The van der Waals surface area contributed by atoms with Crippen molar-refractivity contribution in [1.82, 2.24) is 10.2 Å². The van der Waals surface area contributed by atoms with Crippen LogP contribution < -0.4 is 5.32 Å². The van der Waals surface area contributed by atoms with Gasteiger partial charge < -0.3 is 14.6 Å². The highest BCUT2D eigenvalue weighted by atomic mass is 35.5. The predicted molar refractivity (Wildman–Crippen MR) is 63.9 cm³/mol. The van der Waals surface area contributed by atoms with Crippen molar-refractivity contribution >= 4 is 18.3 Å². The molecule has 0 aromatic carbocycles. The molecule has 0 spiro atoms. The van der Waals surface area contributed by atoms with E-state index in [2.05, 4.69) is 5.32 Å². The molecule has 0 aliphatic carbocycles. The van der Waals surface area contributed by atoms with Crippen LogP contribution in [0.25, 0.3) is 0 Å². The van der Waals surface area contributed by atoms with Gasteiger partial charge >= 0.3 is 0 Å². The number of nitrogens with one attached hydrogen (secondary N) is 1. The lowest BCUT2D eigenvalue weighted by atomic mass is 10.0. The Morgan fingerprint density at radius 1 is 1.50 bits per heavy atom. The number of piperidine rings is 1. The van der Waals surface area contributed by atoms with Crippen LogP contribution in [0, 0.1) is 0 Å². The molecule has 1 N–H and O–H groups in total. The van der Waals surface area contributed by atoms with Crippen LogP contribution in [0.15, 0.2) is 23.0 Å². The van der Waals surface area contributed by atoms with Crippen molar-refractivity contribution in [2.24, 2.45) is 0 Å². The van der Waals surface area contributed by atoms with Crippen LogP contribution in [0.2, 0.25) is 0 Å². The lowest BCUT2D eigenvalue weighted by Crippen LogP contribution is -2.43. The average Bonchev–Trinajstić information content (AvgIpc) is 2.82. The molecule has 1 aromatic heterocycles. The van der Waals surface area contributed by atoms with Crippen LogP contribution in [0.4, 0.5) is 0 Å². The number of hydrogen-bond acceptors (Lipinski definition) is 3. The van der Waals surface area contributed by atoms with Crippen molar-refractivity contribution in [2.75, 3.05) is 20.1 Å². The Labute approximate surface area is 101 Å². The second-order valence-electron chi connectivity index (χ2n) is 3.87. The van der Waals surface area contributed by atoms with Crippen molar-refractivity contribution in [3.8, 4) is 0 Å². The minimum atomic E-state index is 0. The van der Waals surface area contributed by atoms with Gasteiger partial charge in [-0.05, 0) is 26.0 Å². The van der Waals surface area contributed by atoms with Gasteiger partial charge in [-0.15, -0.1) is 12.4 Å². The van der Waals surface area contributed by atoms with E-state index in [1.165, 1.54) is 12.5 Å². The zero-order valence-electron chi connectivity index (χ0n) is 9.31. The van der Waals surface area contributed by atoms with E-state index in [1.54, 1.807) is 6.07 Å². The molecule has 0 atom stereocenters. The summed E-state index contributed by atoms with van der Waals surface area (Å²) >= 11 is 0. The topological polar surface area (TPSA) is 45.5 Å². The fourth-order valence-corrected chi connectivity index (χ4v) is 1.94. The van der Waals surface area contributed by atoms with Gasteiger partial charge in [-0.2, -0.15) is 0 Å².